The standard InChI is InChI=1S/C23H21N2OS/c1-16(17-5-3-2-4-6-17)24-12-10-20-19(15-24)9-13-25(20)21-8-7-18-11-14-27-23(18)22(21)26/h2-6,9-16,21H,7-8H2,1H3/q+1. The summed E-state index contributed by atoms with van der Waals surface area (Å²) in [4.78, 5) is 13.9. The number of rotatable bonds is 3. The number of ketones is 1. The monoisotopic (exact) mass is 373 g/mol. The fourth-order valence-electron chi connectivity index (χ4n) is 4.13. The maximum atomic E-state index is 13.0. The van der Waals surface area contributed by atoms with Crippen LogP contribution in [0.2, 0.25) is 0 Å². The van der Waals surface area contributed by atoms with Crippen molar-refractivity contribution < 1.29 is 9.36 Å². The first-order chi connectivity index (χ1) is 13.2. The Hall–Kier alpha value is -2.72. The zero-order valence-corrected chi connectivity index (χ0v) is 16.0. The molecule has 1 aromatic carbocycles. The van der Waals surface area contributed by atoms with Crippen LogP contribution in [0.15, 0.2) is 72.5 Å². The number of hydrogen-bond donors (Lipinski definition) is 0. The number of Topliss-reactive ketones (excluding diaryl/α,β-unsaturated/α-hetero) is 1. The van der Waals surface area contributed by atoms with Crippen molar-refractivity contribution in [2.45, 2.75) is 31.8 Å². The van der Waals surface area contributed by atoms with Gasteiger partial charge in [-0.3, -0.25) is 4.79 Å². The fraction of sp³-hybridized carbons (Fsp3) is 0.217. The molecule has 3 nitrogen and oxygen atoms in total. The Labute approximate surface area is 162 Å². The van der Waals surface area contributed by atoms with Crippen LogP contribution in [0.3, 0.4) is 0 Å². The van der Waals surface area contributed by atoms with Gasteiger partial charge in [0.05, 0.1) is 21.8 Å². The summed E-state index contributed by atoms with van der Waals surface area (Å²) in [6.45, 7) is 2.21. The molecule has 5 rings (SSSR count). The molecular formula is C23H21N2OS+. The third-order valence-corrected chi connectivity index (χ3v) is 6.68. The van der Waals surface area contributed by atoms with E-state index in [0.717, 1.165) is 23.2 Å². The SMILES string of the molecule is CC(c1ccccc1)[n+]1ccc2c(ccn2C2CCc3ccsc3C2=O)c1. The molecule has 134 valence electrons. The van der Waals surface area contributed by atoms with Gasteiger partial charge in [-0.05, 0) is 35.9 Å². The summed E-state index contributed by atoms with van der Waals surface area (Å²) in [6.07, 6.45) is 8.24. The van der Waals surface area contributed by atoms with E-state index >= 15 is 0 Å². The highest BCUT2D eigenvalue weighted by molar-refractivity contribution is 7.12. The summed E-state index contributed by atoms with van der Waals surface area (Å²) in [5.74, 6) is 0.262. The van der Waals surface area contributed by atoms with Crippen LogP contribution in [0.4, 0.5) is 0 Å². The molecule has 0 radical (unpaired) electrons. The van der Waals surface area contributed by atoms with E-state index in [1.165, 1.54) is 16.5 Å². The van der Waals surface area contributed by atoms with Gasteiger partial charge in [0.1, 0.15) is 0 Å². The summed E-state index contributed by atoms with van der Waals surface area (Å²) in [5, 5.41) is 3.21. The number of nitrogens with zero attached hydrogens (tertiary/aromatic N) is 2. The number of aromatic nitrogens is 2. The van der Waals surface area contributed by atoms with E-state index in [1.807, 2.05) is 11.4 Å². The van der Waals surface area contributed by atoms with Crippen molar-refractivity contribution in [3.05, 3.63) is 88.5 Å². The molecule has 4 aromatic rings. The van der Waals surface area contributed by atoms with Crippen LogP contribution in [0.5, 0.6) is 0 Å². The van der Waals surface area contributed by atoms with Crippen molar-refractivity contribution in [1.82, 2.24) is 4.57 Å². The van der Waals surface area contributed by atoms with Gasteiger partial charge < -0.3 is 4.57 Å². The zero-order chi connectivity index (χ0) is 18.4. The third kappa shape index (κ3) is 2.72. The summed E-state index contributed by atoms with van der Waals surface area (Å²) in [6, 6.07) is 17.1. The Morgan fingerprint density at radius 1 is 1.15 bits per heavy atom. The van der Waals surface area contributed by atoms with Crippen LogP contribution in [0.1, 0.15) is 46.2 Å². The molecule has 0 spiro atoms. The largest absolute Gasteiger partial charge is 0.336 e. The smallest absolute Gasteiger partial charge is 0.195 e. The van der Waals surface area contributed by atoms with Crippen LogP contribution in [0.25, 0.3) is 10.9 Å². The van der Waals surface area contributed by atoms with E-state index in [4.69, 9.17) is 0 Å². The fourth-order valence-corrected chi connectivity index (χ4v) is 5.07. The van der Waals surface area contributed by atoms with E-state index < -0.39 is 0 Å². The van der Waals surface area contributed by atoms with Gasteiger partial charge in [0, 0.05) is 24.8 Å². The average molecular weight is 374 g/mol. The molecule has 0 bridgehead atoms. The number of carbonyl (C=O) groups excluding carboxylic acids is 1. The number of fused-ring (bicyclic) bond motifs is 2. The summed E-state index contributed by atoms with van der Waals surface area (Å²) >= 11 is 1.58. The quantitative estimate of drug-likeness (QED) is 0.466. The van der Waals surface area contributed by atoms with Crippen LogP contribution >= 0.6 is 11.3 Å². The first-order valence-corrected chi connectivity index (χ1v) is 10.3. The second-order valence-corrected chi connectivity index (χ2v) is 8.15. The van der Waals surface area contributed by atoms with Crippen molar-refractivity contribution in [2.24, 2.45) is 0 Å². The Morgan fingerprint density at radius 3 is 2.85 bits per heavy atom. The number of hydrogen-bond acceptors (Lipinski definition) is 2. The van der Waals surface area contributed by atoms with Crippen LogP contribution in [-0.2, 0) is 6.42 Å². The Bertz CT molecular complexity index is 1130. The molecule has 2 unspecified atom stereocenters. The number of benzene rings is 1. The molecule has 0 saturated carbocycles. The van der Waals surface area contributed by atoms with Gasteiger partial charge in [-0.15, -0.1) is 11.3 Å². The lowest BCUT2D eigenvalue weighted by Crippen LogP contribution is -2.37. The van der Waals surface area contributed by atoms with E-state index in [-0.39, 0.29) is 17.9 Å². The van der Waals surface area contributed by atoms with Crippen LogP contribution in [-0.4, -0.2) is 10.4 Å². The minimum atomic E-state index is -0.0870. The molecule has 1 aliphatic carbocycles. The first-order valence-electron chi connectivity index (χ1n) is 9.39. The van der Waals surface area contributed by atoms with E-state index in [0.29, 0.717) is 0 Å². The third-order valence-electron chi connectivity index (χ3n) is 5.71. The Balaban J connectivity index is 1.51. The second kappa shape index (κ2) is 6.46. The predicted octanol–water partition coefficient (Wildman–Crippen LogP) is 4.97. The molecule has 0 fully saturated rings. The molecular weight excluding hydrogens is 352 g/mol. The van der Waals surface area contributed by atoms with Crippen molar-refractivity contribution in [2.75, 3.05) is 0 Å². The number of pyridine rings is 1. The zero-order valence-electron chi connectivity index (χ0n) is 15.2. The minimum absolute atomic E-state index is 0.0870. The molecule has 27 heavy (non-hydrogen) atoms. The highest BCUT2D eigenvalue weighted by atomic mass is 32.1. The van der Waals surface area contributed by atoms with Gasteiger partial charge in [-0.25, -0.2) is 0 Å². The summed E-state index contributed by atoms with van der Waals surface area (Å²) in [7, 11) is 0. The molecule has 0 N–H and O–H groups in total. The van der Waals surface area contributed by atoms with Gasteiger partial charge >= 0.3 is 0 Å². The van der Waals surface area contributed by atoms with Crippen molar-refractivity contribution >= 4 is 28.0 Å². The lowest BCUT2D eigenvalue weighted by molar-refractivity contribution is -0.709. The molecule has 4 heteroatoms. The number of carbonyl (C=O) groups is 1. The van der Waals surface area contributed by atoms with Crippen LogP contribution in [0, 0.1) is 0 Å². The highest BCUT2D eigenvalue weighted by Gasteiger charge is 2.30. The predicted molar refractivity (Wildman–Crippen MR) is 108 cm³/mol. The van der Waals surface area contributed by atoms with Crippen molar-refractivity contribution in [3.63, 3.8) is 0 Å². The van der Waals surface area contributed by atoms with Crippen molar-refractivity contribution in [3.8, 4) is 0 Å². The topological polar surface area (TPSA) is 25.9 Å². The Kier molecular flexibility index (Phi) is 3.94. The van der Waals surface area contributed by atoms with Gasteiger partial charge in [0.25, 0.3) is 0 Å². The van der Waals surface area contributed by atoms with Gasteiger partial charge in [0.15, 0.2) is 24.2 Å². The number of thiophene rings is 1. The number of aryl methyl sites for hydroxylation is 1. The van der Waals surface area contributed by atoms with Gasteiger partial charge in [-0.1, -0.05) is 30.3 Å². The first kappa shape index (κ1) is 16.5. The lowest BCUT2D eigenvalue weighted by atomic mass is 9.93. The summed E-state index contributed by atoms with van der Waals surface area (Å²) in [5.41, 5.74) is 3.63. The van der Waals surface area contributed by atoms with Gasteiger partial charge in [-0.2, -0.15) is 4.57 Å². The maximum absolute atomic E-state index is 13.0. The van der Waals surface area contributed by atoms with E-state index in [2.05, 4.69) is 77.1 Å². The molecule has 0 amide bonds. The lowest BCUT2D eigenvalue weighted by Gasteiger charge is -2.23. The van der Waals surface area contributed by atoms with Crippen LogP contribution < -0.4 is 4.57 Å². The van der Waals surface area contributed by atoms with Gasteiger partial charge in [0.2, 0.25) is 0 Å². The maximum Gasteiger partial charge on any atom is 0.195 e. The van der Waals surface area contributed by atoms with Crippen molar-refractivity contribution in [1.29, 1.82) is 0 Å². The average Bonchev–Trinajstić information content (AvgIpc) is 3.35. The highest BCUT2D eigenvalue weighted by Crippen LogP contribution is 2.34. The molecule has 3 heterocycles. The molecule has 0 aliphatic heterocycles. The molecule has 2 atom stereocenters. The molecule has 1 aliphatic rings. The van der Waals surface area contributed by atoms with E-state index in [1.54, 1.807) is 11.3 Å². The summed E-state index contributed by atoms with van der Waals surface area (Å²) < 4.78 is 4.40. The second-order valence-electron chi connectivity index (χ2n) is 7.24. The molecule has 3 aromatic heterocycles. The molecule has 0 saturated heterocycles. The normalized spacial score (nSPS) is 17.8. The Morgan fingerprint density at radius 2 is 2.00 bits per heavy atom. The van der Waals surface area contributed by atoms with E-state index in [9.17, 15) is 4.79 Å². The minimum Gasteiger partial charge on any atom is -0.336 e.